The highest BCUT2D eigenvalue weighted by atomic mass is 35.5. The van der Waals surface area contributed by atoms with Gasteiger partial charge >= 0.3 is 0 Å². The Bertz CT molecular complexity index is 745. The molecule has 0 fully saturated rings. The van der Waals surface area contributed by atoms with E-state index in [4.69, 9.17) is 8.94 Å². The van der Waals surface area contributed by atoms with Gasteiger partial charge in [-0.3, -0.25) is 0 Å². The molecular weight excluding hydrogens is 346 g/mol. The SMILES string of the molecule is CNC(C)Cc1noc(-c2occc2CSc2ccccc2)n1.Cl. The van der Waals surface area contributed by atoms with Crippen molar-refractivity contribution in [2.45, 2.75) is 30.0 Å². The normalized spacial score (nSPS) is 11.9. The summed E-state index contributed by atoms with van der Waals surface area (Å²) in [4.78, 5) is 5.65. The van der Waals surface area contributed by atoms with Crippen LogP contribution in [0.3, 0.4) is 0 Å². The minimum absolute atomic E-state index is 0. The number of aromatic nitrogens is 2. The minimum Gasteiger partial charge on any atom is -0.459 e. The molecule has 0 radical (unpaired) electrons. The second-order valence-corrected chi connectivity index (χ2v) is 6.34. The lowest BCUT2D eigenvalue weighted by atomic mass is 10.2. The topological polar surface area (TPSA) is 64.1 Å². The van der Waals surface area contributed by atoms with Crippen LogP contribution in [0.1, 0.15) is 18.3 Å². The first-order valence-electron chi connectivity index (χ1n) is 7.50. The third-order valence-corrected chi connectivity index (χ3v) is 4.59. The first-order chi connectivity index (χ1) is 11.3. The highest BCUT2D eigenvalue weighted by Gasteiger charge is 2.17. The first-order valence-corrected chi connectivity index (χ1v) is 8.49. The summed E-state index contributed by atoms with van der Waals surface area (Å²) in [5.41, 5.74) is 1.05. The molecule has 0 amide bonds. The Kier molecular flexibility index (Phi) is 6.90. The van der Waals surface area contributed by atoms with Crippen molar-refractivity contribution in [3.8, 4) is 11.7 Å². The molecule has 0 bridgehead atoms. The molecule has 0 aliphatic carbocycles. The number of benzene rings is 1. The van der Waals surface area contributed by atoms with E-state index < -0.39 is 0 Å². The second kappa shape index (κ2) is 8.92. The van der Waals surface area contributed by atoms with Crippen LogP contribution in [0.2, 0.25) is 0 Å². The third-order valence-electron chi connectivity index (χ3n) is 3.53. The van der Waals surface area contributed by atoms with E-state index in [0.717, 1.165) is 17.7 Å². The number of furan rings is 1. The molecule has 0 aliphatic rings. The standard InChI is InChI=1S/C17H19N3O2S.ClH/c1-12(18-2)10-15-19-17(22-20-15)16-13(8-9-21-16)11-23-14-6-4-3-5-7-14;/h3-9,12,18H,10-11H2,1-2H3;1H. The van der Waals surface area contributed by atoms with Crippen molar-refractivity contribution in [2.24, 2.45) is 0 Å². The molecule has 2 heterocycles. The van der Waals surface area contributed by atoms with Gasteiger partial charge in [-0.05, 0) is 32.2 Å². The van der Waals surface area contributed by atoms with Gasteiger partial charge in [0.1, 0.15) is 0 Å². The molecule has 0 spiro atoms. The predicted molar refractivity (Wildman–Crippen MR) is 97.5 cm³/mol. The molecule has 24 heavy (non-hydrogen) atoms. The maximum absolute atomic E-state index is 5.56. The van der Waals surface area contributed by atoms with Crippen LogP contribution in [0, 0.1) is 0 Å². The van der Waals surface area contributed by atoms with Crippen LogP contribution in [-0.2, 0) is 12.2 Å². The van der Waals surface area contributed by atoms with Crippen molar-refractivity contribution in [1.29, 1.82) is 0 Å². The van der Waals surface area contributed by atoms with E-state index in [1.54, 1.807) is 18.0 Å². The molecule has 0 aliphatic heterocycles. The number of hydrogen-bond donors (Lipinski definition) is 1. The van der Waals surface area contributed by atoms with Gasteiger partial charge in [0.2, 0.25) is 0 Å². The first kappa shape index (κ1) is 18.6. The number of likely N-dealkylation sites (N-methyl/N-ethyl adjacent to an activating group) is 1. The number of nitrogens with zero attached hydrogens (tertiary/aromatic N) is 2. The Morgan fingerprint density at radius 3 is 2.75 bits per heavy atom. The largest absolute Gasteiger partial charge is 0.459 e. The summed E-state index contributed by atoms with van der Waals surface area (Å²) in [5, 5.41) is 7.19. The van der Waals surface area contributed by atoms with E-state index in [1.807, 2.05) is 31.3 Å². The molecule has 1 aromatic carbocycles. The minimum atomic E-state index is 0. The molecular formula is C17H20ClN3O2S. The molecule has 3 aromatic rings. The average molecular weight is 366 g/mol. The van der Waals surface area contributed by atoms with Gasteiger partial charge in [-0.2, -0.15) is 4.98 Å². The summed E-state index contributed by atoms with van der Waals surface area (Å²) in [7, 11) is 1.91. The highest BCUT2D eigenvalue weighted by Crippen LogP contribution is 2.30. The second-order valence-electron chi connectivity index (χ2n) is 5.29. The Hall–Kier alpha value is -1.76. The zero-order valence-corrected chi connectivity index (χ0v) is 15.2. The van der Waals surface area contributed by atoms with E-state index in [2.05, 4.69) is 34.5 Å². The van der Waals surface area contributed by atoms with E-state index in [9.17, 15) is 0 Å². The van der Waals surface area contributed by atoms with Crippen molar-refractivity contribution in [2.75, 3.05) is 7.05 Å². The lowest BCUT2D eigenvalue weighted by molar-refractivity contribution is 0.405. The molecule has 3 rings (SSSR count). The van der Waals surface area contributed by atoms with Crippen LogP contribution in [-0.4, -0.2) is 23.2 Å². The number of thioether (sulfide) groups is 1. The lowest BCUT2D eigenvalue weighted by Gasteiger charge is -2.04. The molecule has 1 unspecified atom stereocenters. The fourth-order valence-corrected chi connectivity index (χ4v) is 3.02. The fourth-order valence-electron chi connectivity index (χ4n) is 2.12. The van der Waals surface area contributed by atoms with Crippen LogP contribution >= 0.6 is 24.2 Å². The summed E-state index contributed by atoms with van der Waals surface area (Å²) in [6.07, 6.45) is 2.38. The van der Waals surface area contributed by atoms with Crippen molar-refractivity contribution < 1.29 is 8.94 Å². The highest BCUT2D eigenvalue weighted by molar-refractivity contribution is 7.98. The van der Waals surface area contributed by atoms with Gasteiger partial charge in [0.05, 0.1) is 6.26 Å². The fraction of sp³-hybridized carbons (Fsp3) is 0.294. The number of nitrogens with one attached hydrogen (secondary N) is 1. The van der Waals surface area contributed by atoms with E-state index in [1.165, 1.54) is 4.90 Å². The Morgan fingerprint density at radius 1 is 1.21 bits per heavy atom. The maximum Gasteiger partial charge on any atom is 0.293 e. The Balaban J connectivity index is 0.00000208. The molecule has 128 valence electrons. The number of rotatable bonds is 7. The van der Waals surface area contributed by atoms with E-state index in [-0.39, 0.29) is 12.4 Å². The molecule has 0 saturated heterocycles. The van der Waals surface area contributed by atoms with Crippen molar-refractivity contribution >= 4 is 24.2 Å². The number of hydrogen-bond acceptors (Lipinski definition) is 6. The van der Waals surface area contributed by atoms with Gasteiger partial charge in [0.15, 0.2) is 11.6 Å². The summed E-state index contributed by atoms with van der Waals surface area (Å²) in [6, 6.07) is 12.5. The molecule has 0 saturated carbocycles. The molecule has 1 atom stereocenters. The monoisotopic (exact) mass is 365 g/mol. The van der Waals surface area contributed by atoms with Crippen LogP contribution in [0.15, 0.2) is 56.5 Å². The van der Waals surface area contributed by atoms with Crippen LogP contribution < -0.4 is 5.32 Å². The zero-order chi connectivity index (χ0) is 16.1. The van der Waals surface area contributed by atoms with Crippen LogP contribution in [0.25, 0.3) is 11.7 Å². The lowest BCUT2D eigenvalue weighted by Crippen LogP contribution is -2.24. The quantitative estimate of drug-likeness (QED) is 0.633. The zero-order valence-electron chi connectivity index (χ0n) is 13.6. The third kappa shape index (κ3) is 4.63. The van der Waals surface area contributed by atoms with Gasteiger partial charge in [0.25, 0.3) is 5.89 Å². The van der Waals surface area contributed by atoms with E-state index >= 15 is 0 Å². The van der Waals surface area contributed by atoms with Gasteiger partial charge in [-0.1, -0.05) is 23.4 Å². The van der Waals surface area contributed by atoms with Crippen LogP contribution in [0.4, 0.5) is 0 Å². The Morgan fingerprint density at radius 2 is 2.00 bits per heavy atom. The molecule has 7 heteroatoms. The average Bonchev–Trinajstić information content (AvgIpc) is 3.22. The summed E-state index contributed by atoms with van der Waals surface area (Å²) < 4.78 is 10.9. The van der Waals surface area contributed by atoms with E-state index in [0.29, 0.717) is 23.5 Å². The maximum atomic E-state index is 5.56. The van der Waals surface area contributed by atoms with Gasteiger partial charge in [-0.15, -0.1) is 24.2 Å². The smallest absolute Gasteiger partial charge is 0.293 e. The summed E-state index contributed by atoms with van der Waals surface area (Å²) in [5.74, 6) is 2.57. The molecule has 5 nitrogen and oxygen atoms in total. The molecule has 2 aromatic heterocycles. The summed E-state index contributed by atoms with van der Waals surface area (Å²) >= 11 is 1.75. The number of halogens is 1. The Labute approximate surface area is 151 Å². The summed E-state index contributed by atoms with van der Waals surface area (Å²) in [6.45, 7) is 2.07. The van der Waals surface area contributed by atoms with Crippen LogP contribution in [0.5, 0.6) is 0 Å². The molecule has 1 N–H and O–H groups in total. The van der Waals surface area contributed by atoms with Crippen molar-refractivity contribution in [3.63, 3.8) is 0 Å². The van der Waals surface area contributed by atoms with Gasteiger partial charge in [-0.25, -0.2) is 0 Å². The van der Waals surface area contributed by atoms with Gasteiger partial charge in [0, 0.05) is 28.7 Å². The van der Waals surface area contributed by atoms with Crippen molar-refractivity contribution in [1.82, 2.24) is 15.5 Å². The van der Waals surface area contributed by atoms with Crippen molar-refractivity contribution in [3.05, 3.63) is 54.0 Å². The predicted octanol–water partition coefficient (Wildman–Crippen LogP) is 4.19. The van der Waals surface area contributed by atoms with Gasteiger partial charge < -0.3 is 14.3 Å².